The first-order chi connectivity index (χ1) is 11.3. The van der Waals surface area contributed by atoms with E-state index >= 15 is 0 Å². The van der Waals surface area contributed by atoms with Crippen molar-refractivity contribution in [3.8, 4) is 0 Å². The minimum Gasteiger partial charge on any atom is -0.465 e. The van der Waals surface area contributed by atoms with E-state index in [-0.39, 0.29) is 28.9 Å². The molecule has 0 atom stereocenters. The fourth-order valence-electron chi connectivity index (χ4n) is 2.03. The molecule has 0 fully saturated rings. The van der Waals surface area contributed by atoms with E-state index in [0.717, 1.165) is 6.42 Å². The van der Waals surface area contributed by atoms with Gasteiger partial charge in [-0.25, -0.2) is 4.79 Å². The molecule has 1 rings (SSSR count). The molecule has 0 aliphatic carbocycles. The van der Waals surface area contributed by atoms with Gasteiger partial charge in [-0.2, -0.15) is 0 Å². The van der Waals surface area contributed by atoms with E-state index in [0.29, 0.717) is 18.2 Å². The lowest BCUT2D eigenvalue weighted by Crippen LogP contribution is -2.40. The van der Waals surface area contributed by atoms with Gasteiger partial charge in [0.1, 0.15) is 6.54 Å². The van der Waals surface area contributed by atoms with Gasteiger partial charge in [0.15, 0.2) is 0 Å². The van der Waals surface area contributed by atoms with Crippen LogP contribution in [0.3, 0.4) is 0 Å². The van der Waals surface area contributed by atoms with Gasteiger partial charge in [0.2, 0.25) is 11.8 Å². The van der Waals surface area contributed by atoms with Gasteiger partial charge in [-0.3, -0.25) is 9.59 Å². The van der Waals surface area contributed by atoms with Crippen molar-refractivity contribution in [2.75, 3.05) is 25.1 Å². The molecule has 132 valence electrons. The molecule has 7 heteroatoms. The number of ether oxygens (including phenoxy) is 1. The maximum absolute atomic E-state index is 12.1. The summed E-state index contributed by atoms with van der Waals surface area (Å²) < 4.78 is 4.66. The number of benzene rings is 1. The van der Waals surface area contributed by atoms with Crippen LogP contribution in [0.15, 0.2) is 18.2 Å². The number of amides is 2. The lowest BCUT2D eigenvalue weighted by atomic mass is 10.1. The first-order valence-electron chi connectivity index (χ1n) is 7.69. The SMILES string of the molecule is COC(=O)c1ccc(Cl)c(N(CC(=O)NCCC(C)C)C(C)=O)c1. The van der Waals surface area contributed by atoms with Crippen LogP contribution in [-0.2, 0) is 14.3 Å². The average Bonchev–Trinajstić information content (AvgIpc) is 2.52. The van der Waals surface area contributed by atoms with Crippen LogP contribution in [-0.4, -0.2) is 38.0 Å². The van der Waals surface area contributed by atoms with Gasteiger partial charge in [-0.15, -0.1) is 0 Å². The Hall–Kier alpha value is -2.08. The number of rotatable bonds is 7. The van der Waals surface area contributed by atoms with Crippen molar-refractivity contribution in [3.63, 3.8) is 0 Å². The van der Waals surface area contributed by atoms with Crippen molar-refractivity contribution < 1.29 is 19.1 Å². The number of carbonyl (C=O) groups is 3. The molecule has 24 heavy (non-hydrogen) atoms. The molecule has 0 spiro atoms. The predicted octanol–water partition coefficient (Wildman–Crippen LogP) is 2.64. The van der Waals surface area contributed by atoms with E-state index in [9.17, 15) is 14.4 Å². The summed E-state index contributed by atoms with van der Waals surface area (Å²) in [5.41, 5.74) is 0.550. The highest BCUT2D eigenvalue weighted by Gasteiger charge is 2.20. The van der Waals surface area contributed by atoms with Crippen LogP contribution >= 0.6 is 11.6 Å². The molecule has 0 aliphatic heterocycles. The number of halogens is 1. The molecule has 0 aliphatic rings. The van der Waals surface area contributed by atoms with E-state index in [1.807, 2.05) is 0 Å². The van der Waals surface area contributed by atoms with Gasteiger partial charge in [-0.05, 0) is 30.5 Å². The van der Waals surface area contributed by atoms with Crippen molar-refractivity contribution in [1.82, 2.24) is 5.32 Å². The standard InChI is InChI=1S/C17H23ClN2O4/c1-11(2)7-8-19-16(22)10-20(12(3)21)15-9-13(17(23)24-4)5-6-14(15)18/h5-6,9,11H,7-8,10H2,1-4H3,(H,19,22). The highest BCUT2D eigenvalue weighted by atomic mass is 35.5. The third-order valence-corrected chi connectivity index (χ3v) is 3.70. The van der Waals surface area contributed by atoms with Gasteiger partial charge >= 0.3 is 5.97 Å². The number of anilines is 1. The van der Waals surface area contributed by atoms with Crippen LogP contribution in [0.25, 0.3) is 0 Å². The molecule has 0 radical (unpaired) electrons. The highest BCUT2D eigenvalue weighted by Crippen LogP contribution is 2.27. The second-order valence-electron chi connectivity index (χ2n) is 5.80. The molecule has 6 nitrogen and oxygen atoms in total. The molecule has 0 saturated heterocycles. The number of esters is 1. The second kappa shape index (κ2) is 9.27. The number of carbonyl (C=O) groups excluding carboxylic acids is 3. The third-order valence-electron chi connectivity index (χ3n) is 3.38. The number of hydrogen-bond acceptors (Lipinski definition) is 4. The van der Waals surface area contributed by atoms with Crippen LogP contribution < -0.4 is 10.2 Å². The highest BCUT2D eigenvalue weighted by molar-refractivity contribution is 6.34. The summed E-state index contributed by atoms with van der Waals surface area (Å²) in [6.07, 6.45) is 0.852. The molecule has 0 bridgehead atoms. The maximum Gasteiger partial charge on any atom is 0.337 e. The molecule has 0 heterocycles. The van der Waals surface area contributed by atoms with Crippen LogP contribution in [0.1, 0.15) is 37.6 Å². The van der Waals surface area contributed by atoms with Gasteiger partial charge in [0, 0.05) is 13.5 Å². The Labute approximate surface area is 147 Å². The molecule has 1 aromatic carbocycles. The first-order valence-corrected chi connectivity index (χ1v) is 8.06. The number of nitrogens with one attached hydrogen (secondary N) is 1. The van der Waals surface area contributed by atoms with Crippen molar-refractivity contribution in [3.05, 3.63) is 28.8 Å². The minimum absolute atomic E-state index is 0.169. The van der Waals surface area contributed by atoms with Gasteiger partial charge < -0.3 is 15.0 Å². The zero-order valence-corrected chi connectivity index (χ0v) is 15.1. The van der Waals surface area contributed by atoms with Crippen molar-refractivity contribution in [1.29, 1.82) is 0 Å². The van der Waals surface area contributed by atoms with Crippen LogP contribution in [0.5, 0.6) is 0 Å². The molecule has 1 N–H and O–H groups in total. The van der Waals surface area contributed by atoms with Gasteiger partial charge in [0.25, 0.3) is 0 Å². The summed E-state index contributed by atoms with van der Waals surface area (Å²) in [7, 11) is 1.27. The predicted molar refractivity (Wildman–Crippen MR) is 93.3 cm³/mol. The summed E-state index contributed by atoms with van der Waals surface area (Å²) in [6, 6.07) is 4.44. The lowest BCUT2D eigenvalue weighted by molar-refractivity contribution is -0.123. The van der Waals surface area contributed by atoms with Gasteiger partial charge in [-0.1, -0.05) is 25.4 Å². The Bertz CT molecular complexity index is 617. The van der Waals surface area contributed by atoms with E-state index in [4.69, 9.17) is 11.6 Å². The monoisotopic (exact) mass is 354 g/mol. The Morgan fingerprint density at radius 1 is 1.29 bits per heavy atom. The molecule has 0 saturated carbocycles. The quantitative estimate of drug-likeness (QED) is 0.764. The van der Waals surface area contributed by atoms with Crippen LogP contribution in [0.4, 0.5) is 5.69 Å². The van der Waals surface area contributed by atoms with E-state index < -0.39 is 5.97 Å². The Balaban J connectivity index is 2.94. The molecular formula is C17H23ClN2O4. The zero-order chi connectivity index (χ0) is 18.3. The minimum atomic E-state index is -0.544. The van der Waals surface area contributed by atoms with Crippen molar-refractivity contribution in [2.24, 2.45) is 5.92 Å². The molecule has 2 amide bonds. The fraction of sp³-hybridized carbons (Fsp3) is 0.471. The third kappa shape index (κ3) is 5.85. The van der Waals surface area contributed by atoms with Crippen LogP contribution in [0, 0.1) is 5.92 Å². The topological polar surface area (TPSA) is 75.7 Å². The second-order valence-corrected chi connectivity index (χ2v) is 6.20. The number of nitrogens with zero attached hydrogens (tertiary/aromatic N) is 1. The lowest BCUT2D eigenvalue weighted by Gasteiger charge is -2.22. The molecule has 1 aromatic rings. The largest absolute Gasteiger partial charge is 0.465 e. The zero-order valence-electron chi connectivity index (χ0n) is 14.4. The summed E-state index contributed by atoms with van der Waals surface area (Å²) in [5.74, 6) is -0.707. The molecular weight excluding hydrogens is 332 g/mol. The fourth-order valence-corrected chi connectivity index (χ4v) is 2.25. The normalized spacial score (nSPS) is 10.4. The molecule has 0 aromatic heterocycles. The molecule has 0 unspecified atom stereocenters. The summed E-state index contributed by atoms with van der Waals surface area (Å²) in [5, 5.41) is 3.04. The summed E-state index contributed by atoms with van der Waals surface area (Å²) >= 11 is 6.13. The van der Waals surface area contributed by atoms with Crippen LogP contribution in [0.2, 0.25) is 5.02 Å². The van der Waals surface area contributed by atoms with E-state index in [2.05, 4.69) is 23.9 Å². The van der Waals surface area contributed by atoms with E-state index in [1.54, 1.807) is 0 Å². The average molecular weight is 355 g/mol. The summed E-state index contributed by atoms with van der Waals surface area (Å²) in [6.45, 7) is 5.83. The van der Waals surface area contributed by atoms with Crippen molar-refractivity contribution >= 4 is 35.1 Å². The number of methoxy groups -OCH3 is 1. The maximum atomic E-state index is 12.1. The Morgan fingerprint density at radius 3 is 2.50 bits per heavy atom. The van der Waals surface area contributed by atoms with E-state index in [1.165, 1.54) is 37.1 Å². The number of hydrogen-bond donors (Lipinski definition) is 1. The Morgan fingerprint density at radius 2 is 1.96 bits per heavy atom. The van der Waals surface area contributed by atoms with Crippen molar-refractivity contribution in [2.45, 2.75) is 27.2 Å². The smallest absolute Gasteiger partial charge is 0.337 e. The Kier molecular flexibility index (Phi) is 7.71. The first kappa shape index (κ1) is 20.0. The van der Waals surface area contributed by atoms with Gasteiger partial charge in [0.05, 0.1) is 23.4 Å². The summed E-state index contributed by atoms with van der Waals surface area (Å²) in [4.78, 5) is 36.9.